The standard InChI is InChI=1S/C16H25NO2/c1-10(2)16(13(5)19-15(18)9-17)14-7-6-11(3)8-12(14)4/h6-8,10,13,16H,9,17H2,1-5H3/t13?,16-/m0/s1. The van der Waals surface area contributed by atoms with Crippen LogP contribution in [0.2, 0.25) is 0 Å². The monoisotopic (exact) mass is 263 g/mol. The van der Waals surface area contributed by atoms with Crippen molar-refractivity contribution < 1.29 is 9.53 Å². The maximum atomic E-state index is 11.4. The van der Waals surface area contributed by atoms with Crippen molar-refractivity contribution in [2.75, 3.05) is 6.54 Å². The number of nitrogens with two attached hydrogens (primary N) is 1. The van der Waals surface area contributed by atoms with Gasteiger partial charge in [-0.2, -0.15) is 0 Å². The molecule has 3 nitrogen and oxygen atoms in total. The van der Waals surface area contributed by atoms with Crippen molar-refractivity contribution in [3.8, 4) is 0 Å². The minimum atomic E-state index is -0.345. The van der Waals surface area contributed by atoms with Crippen molar-refractivity contribution >= 4 is 5.97 Å². The van der Waals surface area contributed by atoms with Crippen LogP contribution in [0.3, 0.4) is 0 Å². The van der Waals surface area contributed by atoms with Crippen LogP contribution in [0.5, 0.6) is 0 Å². The van der Waals surface area contributed by atoms with E-state index in [2.05, 4.69) is 45.9 Å². The lowest BCUT2D eigenvalue weighted by molar-refractivity contribution is -0.148. The van der Waals surface area contributed by atoms with Crippen molar-refractivity contribution in [3.63, 3.8) is 0 Å². The minimum absolute atomic E-state index is 0.0674. The van der Waals surface area contributed by atoms with Gasteiger partial charge in [0, 0.05) is 5.92 Å². The van der Waals surface area contributed by atoms with Gasteiger partial charge in [-0.1, -0.05) is 37.6 Å². The zero-order valence-electron chi connectivity index (χ0n) is 12.6. The fourth-order valence-electron chi connectivity index (χ4n) is 2.68. The molecular formula is C16H25NO2. The Hall–Kier alpha value is -1.35. The second-order valence-corrected chi connectivity index (χ2v) is 5.53. The number of carbonyl (C=O) groups is 1. The molecular weight excluding hydrogens is 238 g/mol. The van der Waals surface area contributed by atoms with Crippen LogP contribution < -0.4 is 5.73 Å². The summed E-state index contributed by atoms with van der Waals surface area (Å²) in [5.41, 5.74) is 9.05. The Morgan fingerprint density at radius 1 is 1.26 bits per heavy atom. The van der Waals surface area contributed by atoms with Crippen LogP contribution in [-0.2, 0) is 9.53 Å². The highest BCUT2D eigenvalue weighted by atomic mass is 16.5. The smallest absolute Gasteiger partial charge is 0.319 e. The van der Waals surface area contributed by atoms with Crippen LogP contribution in [0.4, 0.5) is 0 Å². The third-order valence-electron chi connectivity index (χ3n) is 3.49. The molecule has 0 aliphatic rings. The van der Waals surface area contributed by atoms with Crippen molar-refractivity contribution in [1.82, 2.24) is 0 Å². The van der Waals surface area contributed by atoms with E-state index in [1.165, 1.54) is 16.7 Å². The second-order valence-electron chi connectivity index (χ2n) is 5.53. The number of hydrogen-bond donors (Lipinski definition) is 1. The Morgan fingerprint density at radius 2 is 1.89 bits per heavy atom. The van der Waals surface area contributed by atoms with Gasteiger partial charge in [0.2, 0.25) is 0 Å². The molecule has 1 rings (SSSR count). The molecule has 0 bridgehead atoms. The molecule has 0 saturated heterocycles. The number of esters is 1. The predicted octanol–water partition coefficient (Wildman–Crippen LogP) is 2.93. The van der Waals surface area contributed by atoms with Gasteiger partial charge >= 0.3 is 5.97 Å². The van der Waals surface area contributed by atoms with E-state index in [0.717, 1.165) is 0 Å². The predicted molar refractivity (Wildman–Crippen MR) is 78.1 cm³/mol. The molecule has 0 saturated carbocycles. The molecule has 3 heteroatoms. The Bertz CT molecular complexity index is 440. The van der Waals surface area contributed by atoms with Gasteiger partial charge in [0.25, 0.3) is 0 Å². The summed E-state index contributed by atoms with van der Waals surface area (Å²) in [5.74, 6) is 0.237. The normalized spacial score (nSPS) is 14.3. The van der Waals surface area contributed by atoms with Crippen molar-refractivity contribution in [1.29, 1.82) is 0 Å². The van der Waals surface area contributed by atoms with E-state index in [-0.39, 0.29) is 24.5 Å². The molecule has 106 valence electrons. The van der Waals surface area contributed by atoms with E-state index < -0.39 is 0 Å². The van der Waals surface area contributed by atoms with Crippen LogP contribution in [0, 0.1) is 19.8 Å². The molecule has 0 radical (unpaired) electrons. The van der Waals surface area contributed by atoms with E-state index in [4.69, 9.17) is 10.5 Å². The summed E-state index contributed by atoms with van der Waals surface area (Å²) in [4.78, 5) is 11.4. The molecule has 0 aliphatic heterocycles. The second kappa shape index (κ2) is 6.71. The van der Waals surface area contributed by atoms with Gasteiger partial charge in [0.15, 0.2) is 0 Å². The Balaban J connectivity index is 3.03. The van der Waals surface area contributed by atoms with Crippen LogP contribution in [0.25, 0.3) is 0 Å². The van der Waals surface area contributed by atoms with Gasteiger partial charge in [0.05, 0.1) is 6.54 Å². The maximum absolute atomic E-state index is 11.4. The van der Waals surface area contributed by atoms with Crippen LogP contribution in [0.1, 0.15) is 43.4 Å². The summed E-state index contributed by atoms with van der Waals surface area (Å²) < 4.78 is 5.40. The molecule has 0 spiro atoms. The summed E-state index contributed by atoms with van der Waals surface area (Å²) in [5, 5.41) is 0. The van der Waals surface area contributed by atoms with E-state index in [0.29, 0.717) is 5.92 Å². The molecule has 1 aromatic carbocycles. The van der Waals surface area contributed by atoms with Crippen LogP contribution in [-0.4, -0.2) is 18.6 Å². The third kappa shape index (κ3) is 4.06. The summed E-state index contributed by atoms with van der Waals surface area (Å²) in [6, 6.07) is 6.42. The summed E-state index contributed by atoms with van der Waals surface area (Å²) in [6.07, 6.45) is -0.169. The Labute approximate surface area is 116 Å². The van der Waals surface area contributed by atoms with E-state index in [9.17, 15) is 4.79 Å². The molecule has 19 heavy (non-hydrogen) atoms. The zero-order chi connectivity index (χ0) is 14.6. The Morgan fingerprint density at radius 3 is 2.37 bits per heavy atom. The zero-order valence-corrected chi connectivity index (χ0v) is 12.6. The number of carbonyl (C=O) groups excluding carboxylic acids is 1. The molecule has 2 atom stereocenters. The summed E-state index contributed by atoms with van der Waals surface area (Å²) >= 11 is 0. The first-order chi connectivity index (χ1) is 8.86. The molecule has 2 N–H and O–H groups in total. The molecule has 0 aliphatic carbocycles. The first kappa shape index (κ1) is 15.7. The van der Waals surface area contributed by atoms with Gasteiger partial charge in [-0.25, -0.2) is 0 Å². The van der Waals surface area contributed by atoms with Crippen LogP contribution in [0.15, 0.2) is 18.2 Å². The topological polar surface area (TPSA) is 52.3 Å². The fourth-order valence-corrected chi connectivity index (χ4v) is 2.68. The quantitative estimate of drug-likeness (QED) is 0.831. The number of aryl methyl sites for hydroxylation is 2. The molecule has 0 fully saturated rings. The highest BCUT2D eigenvalue weighted by Crippen LogP contribution is 2.32. The van der Waals surface area contributed by atoms with Gasteiger partial charge in [0.1, 0.15) is 6.10 Å². The van der Waals surface area contributed by atoms with E-state index in [1.807, 2.05) is 6.92 Å². The third-order valence-corrected chi connectivity index (χ3v) is 3.49. The average Bonchev–Trinajstić information content (AvgIpc) is 2.31. The summed E-state index contributed by atoms with van der Waals surface area (Å²) in [6.45, 7) is 10.4. The first-order valence-electron chi connectivity index (χ1n) is 6.83. The largest absolute Gasteiger partial charge is 0.461 e. The fraction of sp³-hybridized carbons (Fsp3) is 0.562. The SMILES string of the molecule is Cc1ccc([C@@H](C(C)C)C(C)OC(=O)CN)c(C)c1. The molecule has 0 amide bonds. The average molecular weight is 263 g/mol. The lowest BCUT2D eigenvalue weighted by Crippen LogP contribution is -2.29. The Kier molecular flexibility index (Phi) is 5.55. The lowest BCUT2D eigenvalue weighted by atomic mass is 9.82. The van der Waals surface area contributed by atoms with Gasteiger partial charge in [-0.3, -0.25) is 4.79 Å². The highest BCUT2D eigenvalue weighted by molar-refractivity contribution is 5.71. The number of benzene rings is 1. The summed E-state index contributed by atoms with van der Waals surface area (Å²) in [7, 11) is 0. The minimum Gasteiger partial charge on any atom is -0.461 e. The van der Waals surface area contributed by atoms with Gasteiger partial charge < -0.3 is 10.5 Å². The van der Waals surface area contributed by atoms with Crippen molar-refractivity contribution in [3.05, 3.63) is 34.9 Å². The van der Waals surface area contributed by atoms with E-state index >= 15 is 0 Å². The molecule has 1 aromatic rings. The number of hydrogen-bond acceptors (Lipinski definition) is 3. The van der Waals surface area contributed by atoms with Crippen molar-refractivity contribution in [2.45, 2.75) is 46.6 Å². The first-order valence-corrected chi connectivity index (χ1v) is 6.83. The van der Waals surface area contributed by atoms with Crippen molar-refractivity contribution in [2.24, 2.45) is 11.7 Å². The maximum Gasteiger partial charge on any atom is 0.319 e. The van der Waals surface area contributed by atoms with Gasteiger partial charge in [-0.05, 0) is 37.8 Å². The lowest BCUT2D eigenvalue weighted by Gasteiger charge is -2.29. The highest BCUT2D eigenvalue weighted by Gasteiger charge is 2.26. The molecule has 1 unspecified atom stereocenters. The number of ether oxygens (including phenoxy) is 1. The van der Waals surface area contributed by atoms with Crippen LogP contribution >= 0.6 is 0 Å². The van der Waals surface area contributed by atoms with Gasteiger partial charge in [-0.15, -0.1) is 0 Å². The molecule has 0 heterocycles. The van der Waals surface area contributed by atoms with E-state index in [1.54, 1.807) is 0 Å². The number of rotatable bonds is 5. The molecule has 0 aromatic heterocycles.